The first kappa shape index (κ1) is 18.9. The van der Waals surface area contributed by atoms with Crippen LogP contribution in [0, 0.1) is 0 Å². The Balaban J connectivity index is 1.44. The maximum absolute atomic E-state index is 12.5. The molecule has 0 radical (unpaired) electrons. The van der Waals surface area contributed by atoms with Crippen molar-refractivity contribution in [2.75, 3.05) is 0 Å². The number of rotatable bonds is 6. The van der Waals surface area contributed by atoms with E-state index in [1.807, 2.05) is 0 Å². The summed E-state index contributed by atoms with van der Waals surface area (Å²) in [5, 5.41) is 2.79. The first-order chi connectivity index (χ1) is 13.9. The molecule has 1 aliphatic heterocycles. The number of hydrogen-bond acceptors (Lipinski definition) is 5. The second-order valence-electron chi connectivity index (χ2n) is 7.27. The Morgan fingerprint density at radius 3 is 2.34 bits per heavy atom. The van der Waals surface area contributed by atoms with Gasteiger partial charge in [-0.15, -0.1) is 0 Å². The average molecular weight is 392 g/mol. The Hall–Kier alpha value is -3.48. The molecule has 0 saturated heterocycles. The summed E-state index contributed by atoms with van der Waals surface area (Å²) in [4.78, 5) is 50.6. The van der Waals surface area contributed by atoms with Gasteiger partial charge in [-0.2, -0.15) is 0 Å². The minimum atomic E-state index is -0.900. The first-order valence-corrected chi connectivity index (χ1v) is 9.49. The van der Waals surface area contributed by atoms with Crippen LogP contribution in [0.2, 0.25) is 0 Å². The Morgan fingerprint density at radius 2 is 1.72 bits per heavy atom. The summed E-state index contributed by atoms with van der Waals surface area (Å²) in [7, 11) is 0. The van der Waals surface area contributed by atoms with Gasteiger partial charge in [0.15, 0.2) is 6.10 Å². The maximum atomic E-state index is 12.5. The van der Waals surface area contributed by atoms with Gasteiger partial charge in [-0.3, -0.25) is 19.3 Å². The molecule has 29 heavy (non-hydrogen) atoms. The largest absolute Gasteiger partial charge is 0.449 e. The van der Waals surface area contributed by atoms with E-state index >= 15 is 0 Å². The highest BCUT2D eigenvalue weighted by molar-refractivity contribution is 6.21. The monoisotopic (exact) mass is 392 g/mol. The molecule has 2 aliphatic rings. The van der Waals surface area contributed by atoms with Crippen molar-refractivity contribution in [3.8, 4) is 0 Å². The van der Waals surface area contributed by atoms with Crippen LogP contribution in [0.4, 0.5) is 0 Å². The molecule has 1 fully saturated rings. The van der Waals surface area contributed by atoms with E-state index < -0.39 is 12.1 Å². The van der Waals surface area contributed by atoms with Crippen LogP contribution in [0.1, 0.15) is 56.4 Å². The fourth-order valence-electron chi connectivity index (χ4n) is 3.19. The number of esters is 1. The first-order valence-electron chi connectivity index (χ1n) is 9.49. The van der Waals surface area contributed by atoms with E-state index in [0.29, 0.717) is 16.7 Å². The molecule has 1 atom stereocenters. The number of amides is 3. The van der Waals surface area contributed by atoms with Gasteiger partial charge in [0.25, 0.3) is 17.7 Å². The smallest absolute Gasteiger partial charge is 0.338 e. The van der Waals surface area contributed by atoms with E-state index in [1.54, 1.807) is 48.5 Å². The predicted octanol–water partition coefficient (Wildman–Crippen LogP) is 2.31. The third kappa shape index (κ3) is 3.89. The Morgan fingerprint density at radius 1 is 1.07 bits per heavy atom. The van der Waals surface area contributed by atoms with Crippen LogP contribution in [0.3, 0.4) is 0 Å². The number of ether oxygens (including phenoxy) is 1. The SMILES string of the molecule is C[C@H](OC(=O)c1cccc(CN2C(=O)c3ccccc3C2=O)c1)C(=O)NC1CC1. The molecule has 1 saturated carbocycles. The molecule has 0 unspecified atom stereocenters. The molecule has 7 nitrogen and oxygen atoms in total. The minimum Gasteiger partial charge on any atom is -0.449 e. The average Bonchev–Trinajstić information content (AvgIpc) is 3.51. The molecule has 2 aromatic carbocycles. The van der Waals surface area contributed by atoms with E-state index in [0.717, 1.165) is 17.7 Å². The van der Waals surface area contributed by atoms with Crippen molar-refractivity contribution >= 4 is 23.7 Å². The van der Waals surface area contributed by atoms with Crippen LogP contribution in [0.5, 0.6) is 0 Å². The molecular formula is C22H20N2O5. The summed E-state index contributed by atoms with van der Waals surface area (Å²) < 4.78 is 5.25. The number of carbonyl (C=O) groups is 4. The van der Waals surface area contributed by atoms with Crippen molar-refractivity contribution in [3.63, 3.8) is 0 Å². The van der Waals surface area contributed by atoms with Crippen molar-refractivity contribution in [1.82, 2.24) is 10.2 Å². The Kier molecular flexibility index (Phi) is 4.88. The number of hydrogen-bond donors (Lipinski definition) is 1. The van der Waals surface area contributed by atoms with Crippen LogP contribution >= 0.6 is 0 Å². The molecule has 0 spiro atoms. The zero-order valence-corrected chi connectivity index (χ0v) is 15.9. The molecule has 4 rings (SSSR count). The summed E-state index contributed by atoms with van der Waals surface area (Å²) in [5.74, 6) is -1.66. The van der Waals surface area contributed by atoms with Gasteiger partial charge < -0.3 is 10.1 Å². The van der Waals surface area contributed by atoms with Gasteiger partial charge in [0, 0.05) is 6.04 Å². The van der Waals surface area contributed by atoms with Crippen LogP contribution in [-0.2, 0) is 16.1 Å². The van der Waals surface area contributed by atoms with Gasteiger partial charge in [0.1, 0.15) is 0 Å². The fourth-order valence-corrected chi connectivity index (χ4v) is 3.19. The Bertz CT molecular complexity index is 977. The number of fused-ring (bicyclic) bond motifs is 1. The molecule has 148 valence electrons. The van der Waals surface area contributed by atoms with Crippen molar-refractivity contribution in [3.05, 3.63) is 70.8 Å². The van der Waals surface area contributed by atoms with Crippen molar-refractivity contribution in [2.24, 2.45) is 0 Å². The molecule has 2 aromatic rings. The van der Waals surface area contributed by atoms with E-state index in [9.17, 15) is 19.2 Å². The fraction of sp³-hybridized carbons (Fsp3) is 0.273. The number of carbonyl (C=O) groups excluding carboxylic acids is 4. The van der Waals surface area contributed by atoms with Gasteiger partial charge in [0.05, 0.1) is 23.2 Å². The topological polar surface area (TPSA) is 92.8 Å². The molecule has 0 aromatic heterocycles. The predicted molar refractivity (Wildman–Crippen MR) is 103 cm³/mol. The standard InChI is InChI=1S/C22H20N2O5/c1-13(19(25)23-16-9-10-16)29-22(28)15-6-4-5-14(11-15)12-24-20(26)17-7-2-3-8-18(17)21(24)27/h2-8,11,13,16H,9-10,12H2,1H3,(H,23,25)/t13-/m0/s1. The summed E-state index contributed by atoms with van der Waals surface area (Å²) in [6.45, 7) is 1.57. The van der Waals surface area contributed by atoms with E-state index in [-0.39, 0.29) is 35.9 Å². The van der Waals surface area contributed by atoms with Gasteiger partial charge in [-0.1, -0.05) is 24.3 Å². The molecule has 7 heteroatoms. The quantitative estimate of drug-likeness (QED) is 0.602. The molecule has 1 N–H and O–H groups in total. The highest BCUT2D eigenvalue weighted by atomic mass is 16.5. The molecule has 1 aliphatic carbocycles. The number of benzene rings is 2. The highest BCUT2D eigenvalue weighted by Gasteiger charge is 2.35. The van der Waals surface area contributed by atoms with Crippen molar-refractivity contribution < 1.29 is 23.9 Å². The maximum Gasteiger partial charge on any atom is 0.338 e. The summed E-state index contributed by atoms with van der Waals surface area (Å²) in [5.41, 5.74) is 1.63. The number of imide groups is 1. The minimum absolute atomic E-state index is 0.0468. The van der Waals surface area contributed by atoms with Crippen LogP contribution in [0.25, 0.3) is 0 Å². The molecule has 1 heterocycles. The number of nitrogens with one attached hydrogen (secondary N) is 1. The second kappa shape index (κ2) is 7.50. The Labute approximate surface area is 167 Å². The molecule has 3 amide bonds. The van der Waals surface area contributed by atoms with Gasteiger partial charge in [-0.05, 0) is 49.6 Å². The summed E-state index contributed by atoms with van der Waals surface area (Å²) in [6.07, 6.45) is 1.00. The zero-order valence-electron chi connectivity index (χ0n) is 15.9. The van der Waals surface area contributed by atoms with E-state index in [4.69, 9.17) is 4.74 Å². The van der Waals surface area contributed by atoms with E-state index in [2.05, 4.69) is 5.32 Å². The number of nitrogens with zero attached hydrogens (tertiary/aromatic N) is 1. The van der Waals surface area contributed by atoms with Gasteiger partial charge >= 0.3 is 5.97 Å². The van der Waals surface area contributed by atoms with Crippen LogP contribution in [0.15, 0.2) is 48.5 Å². The van der Waals surface area contributed by atoms with Gasteiger partial charge in [0.2, 0.25) is 0 Å². The molecular weight excluding hydrogens is 372 g/mol. The second-order valence-corrected chi connectivity index (χ2v) is 7.27. The van der Waals surface area contributed by atoms with Gasteiger partial charge in [-0.25, -0.2) is 4.79 Å². The summed E-state index contributed by atoms with van der Waals surface area (Å²) >= 11 is 0. The lowest BCUT2D eigenvalue weighted by Crippen LogP contribution is -2.37. The third-order valence-electron chi connectivity index (χ3n) is 4.96. The lowest BCUT2D eigenvalue weighted by atomic mass is 10.1. The lowest BCUT2D eigenvalue weighted by molar-refractivity contribution is -0.129. The van der Waals surface area contributed by atoms with Crippen molar-refractivity contribution in [1.29, 1.82) is 0 Å². The third-order valence-corrected chi connectivity index (χ3v) is 4.96. The van der Waals surface area contributed by atoms with E-state index in [1.165, 1.54) is 6.92 Å². The molecule has 0 bridgehead atoms. The highest BCUT2D eigenvalue weighted by Crippen LogP contribution is 2.24. The van der Waals surface area contributed by atoms with Crippen LogP contribution < -0.4 is 5.32 Å². The zero-order chi connectivity index (χ0) is 20.5. The summed E-state index contributed by atoms with van der Waals surface area (Å²) in [6, 6.07) is 13.4. The van der Waals surface area contributed by atoms with Crippen LogP contribution in [-0.4, -0.2) is 40.7 Å². The lowest BCUT2D eigenvalue weighted by Gasteiger charge is -2.15. The normalized spacial score (nSPS) is 16.4. The van der Waals surface area contributed by atoms with Crippen molar-refractivity contribution in [2.45, 2.75) is 38.5 Å².